The predicted octanol–water partition coefficient (Wildman–Crippen LogP) is 4.26. The van der Waals surface area contributed by atoms with Gasteiger partial charge in [0.25, 0.3) is 5.91 Å². The zero-order valence-corrected chi connectivity index (χ0v) is 17.4. The van der Waals surface area contributed by atoms with Crippen molar-refractivity contribution in [3.8, 4) is 5.69 Å². The number of amides is 1. The molecule has 0 bridgehead atoms. The number of halogens is 1. The summed E-state index contributed by atoms with van der Waals surface area (Å²) in [5.74, 6) is 0.840. The van der Waals surface area contributed by atoms with Crippen LogP contribution in [0.4, 0.5) is 0 Å². The monoisotopic (exact) mass is 401 g/mol. The zero-order valence-electron chi connectivity index (χ0n) is 16.7. The van der Waals surface area contributed by atoms with Gasteiger partial charge in [0.05, 0.1) is 29.7 Å². The van der Waals surface area contributed by atoms with E-state index in [1.807, 2.05) is 46.8 Å². The smallest absolute Gasteiger partial charge is 0.255 e. The lowest BCUT2D eigenvalue weighted by Crippen LogP contribution is -2.25. The summed E-state index contributed by atoms with van der Waals surface area (Å²) in [6.07, 6.45) is 1.58. The minimum absolute atomic E-state index is 0.0941. The highest BCUT2D eigenvalue weighted by Crippen LogP contribution is 2.24. The van der Waals surface area contributed by atoms with Crippen LogP contribution in [0.15, 0.2) is 35.0 Å². The van der Waals surface area contributed by atoms with Crippen LogP contribution >= 0.6 is 11.6 Å². The number of hydrogen-bond donors (Lipinski definition) is 1. The number of rotatable bonds is 5. The average Bonchev–Trinajstić information content (AvgIpc) is 3.27. The van der Waals surface area contributed by atoms with Crippen molar-refractivity contribution in [3.05, 3.63) is 58.5 Å². The van der Waals surface area contributed by atoms with Crippen LogP contribution in [0.3, 0.4) is 0 Å². The minimum atomic E-state index is -0.236. The first kappa shape index (κ1) is 20.1. The van der Waals surface area contributed by atoms with Crippen molar-refractivity contribution in [3.63, 3.8) is 0 Å². The number of carbonyl (C=O) groups excluding carboxylic acids is 1. The van der Waals surface area contributed by atoms with Crippen LogP contribution in [0.1, 0.15) is 68.3 Å². The van der Waals surface area contributed by atoms with Crippen molar-refractivity contribution in [2.45, 2.75) is 52.5 Å². The molecule has 0 spiro atoms. The Kier molecular flexibility index (Phi) is 5.56. The molecule has 0 atom stereocenters. The van der Waals surface area contributed by atoms with Crippen molar-refractivity contribution in [1.29, 1.82) is 0 Å². The lowest BCUT2D eigenvalue weighted by atomic mass is 9.97. The number of carbonyl (C=O) groups is 1. The molecule has 1 amide bonds. The van der Waals surface area contributed by atoms with Crippen molar-refractivity contribution in [1.82, 2.24) is 25.2 Å². The molecule has 7 nitrogen and oxygen atoms in total. The lowest BCUT2D eigenvalue weighted by Gasteiger charge is -2.13. The van der Waals surface area contributed by atoms with Crippen LogP contribution in [0.5, 0.6) is 0 Å². The van der Waals surface area contributed by atoms with Crippen LogP contribution < -0.4 is 5.32 Å². The zero-order chi connectivity index (χ0) is 20.5. The summed E-state index contributed by atoms with van der Waals surface area (Å²) in [6, 6.07) is 7.34. The van der Waals surface area contributed by atoms with Gasteiger partial charge in [-0.05, 0) is 30.2 Å². The van der Waals surface area contributed by atoms with Gasteiger partial charge in [-0.25, -0.2) is 4.68 Å². The van der Waals surface area contributed by atoms with Gasteiger partial charge < -0.3 is 9.84 Å². The normalized spacial score (nSPS) is 11.8. The van der Waals surface area contributed by atoms with Crippen LogP contribution in [0, 0.1) is 0 Å². The van der Waals surface area contributed by atoms with Crippen molar-refractivity contribution >= 4 is 17.5 Å². The quantitative estimate of drug-likeness (QED) is 0.690. The molecule has 0 aliphatic carbocycles. The van der Waals surface area contributed by atoms with E-state index in [1.165, 1.54) is 0 Å². The standard InChI is InChI=1S/C20H24ClN5O2/c1-12(2)17-15(10-23-26(17)14-8-6-13(21)7-9-14)18(27)22-11-16-24-19(28-25-16)20(3,4)5/h6-10,12H,11H2,1-5H3,(H,22,27). The number of hydrogen-bond acceptors (Lipinski definition) is 5. The van der Waals surface area contributed by atoms with Gasteiger partial charge in [0.1, 0.15) is 0 Å². The second kappa shape index (κ2) is 7.75. The third-order valence-electron chi connectivity index (χ3n) is 4.19. The molecule has 1 N–H and O–H groups in total. The van der Waals surface area contributed by atoms with Crippen LogP contribution in [-0.4, -0.2) is 25.8 Å². The molecule has 2 heterocycles. The first-order valence-corrected chi connectivity index (χ1v) is 9.49. The van der Waals surface area contributed by atoms with E-state index >= 15 is 0 Å². The Hall–Kier alpha value is -2.67. The fourth-order valence-electron chi connectivity index (χ4n) is 2.76. The maximum absolute atomic E-state index is 12.8. The van der Waals surface area contributed by atoms with Crippen LogP contribution in [0.2, 0.25) is 5.02 Å². The van der Waals surface area contributed by atoms with Crippen molar-refractivity contribution in [2.75, 3.05) is 0 Å². The van der Waals surface area contributed by atoms with Gasteiger partial charge in [-0.1, -0.05) is 51.4 Å². The van der Waals surface area contributed by atoms with Crippen molar-refractivity contribution < 1.29 is 9.32 Å². The highest BCUT2D eigenvalue weighted by atomic mass is 35.5. The molecular formula is C20H24ClN5O2. The van der Waals surface area contributed by atoms with Crippen LogP contribution in [0.25, 0.3) is 5.69 Å². The number of nitrogens with one attached hydrogen (secondary N) is 1. The first-order valence-electron chi connectivity index (χ1n) is 9.12. The SMILES string of the molecule is CC(C)c1c(C(=O)NCc2noc(C(C)(C)C)n2)cnn1-c1ccc(Cl)cc1. The van der Waals surface area contributed by atoms with E-state index in [0.29, 0.717) is 22.3 Å². The molecule has 1 aromatic carbocycles. The number of nitrogens with zero attached hydrogens (tertiary/aromatic N) is 4. The third-order valence-corrected chi connectivity index (χ3v) is 4.44. The summed E-state index contributed by atoms with van der Waals surface area (Å²) >= 11 is 5.97. The molecule has 2 aromatic heterocycles. The van der Waals surface area contributed by atoms with Gasteiger partial charge >= 0.3 is 0 Å². The molecular weight excluding hydrogens is 378 g/mol. The highest BCUT2D eigenvalue weighted by Gasteiger charge is 2.23. The molecule has 0 fully saturated rings. The fourth-order valence-corrected chi connectivity index (χ4v) is 2.89. The third kappa shape index (κ3) is 4.25. The topological polar surface area (TPSA) is 85.8 Å². The van der Waals surface area contributed by atoms with E-state index in [4.69, 9.17) is 16.1 Å². The van der Waals surface area contributed by atoms with Gasteiger partial charge in [-0.2, -0.15) is 10.1 Å². The Balaban J connectivity index is 1.80. The Morgan fingerprint density at radius 1 is 1.25 bits per heavy atom. The minimum Gasteiger partial charge on any atom is -0.344 e. The van der Waals surface area contributed by atoms with Gasteiger partial charge in [0.2, 0.25) is 5.89 Å². The summed E-state index contributed by atoms with van der Waals surface area (Å²) in [5, 5.41) is 11.8. The second-order valence-electron chi connectivity index (χ2n) is 7.93. The molecule has 0 aliphatic rings. The molecule has 0 aliphatic heterocycles. The average molecular weight is 402 g/mol. The summed E-state index contributed by atoms with van der Waals surface area (Å²) < 4.78 is 7.03. The Bertz CT molecular complexity index is 967. The summed E-state index contributed by atoms with van der Waals surface area (Å²) in [6.45, 7) is 10.2. The van der Waals surface area contributed by atoms with Crippen molar-refractivity contribution in [2.24, 2.45) is 0 Å². The molecule has 0 saturated heterocycles. The van der Waals surface area contributed by atoms with E-state index in [-0.39, 0.29) is 23.8 Å². The maximum Gasteiger partial charge on any atom is 0.255 e. The maximum atomic E-state index is 12.8. The molecule has 8 heteroatoms. The lowest BCUT2D eigenvalue weighted by molar-refractivity contribution is 0.0948. The fraction of sp³-hybridized carbons (Fsp3) is 0.400. The van der Waals surface area contributed by atoms with Gasteiger partial charge in [-0.15, -0.1) is 0 Å². The number of benzene rings is 1. The molecule has 0 unspecified atom stereocenters. The molecule has 28 heavy (non-hydrogen) atoms. The van der Waals surface area contributed by atoms with E-state index in [9.17, 15) is 4.79 Å². The summed E-state index contributed by atoms with van der Waals surface area (Å²) in [4.78, 5) is 17.1. The Morgan fingerprint density at radius 2 is 1.93 bits per heavy atom. The molecule has 148 valence electrons. The summed E-state index contributed by atoms with van der Waals surface area (Å²) in [7, 11) is 0. The molecule has 0 radical (unpaired) electrons. The van der Waals surface area contributed by atoms with E-state index in [0.717, 1.165) is 11.4 Å². The molecule has 3 rings (SSSR count). The van der Waals surface area contributed by atoms with Gasteiger partial charge in [-0.3, -0.25) is 4.79 Å². The summed E-state index contributed by atoms with van der Waals surface area (Å²) in [5.41, 5.74) is 1.95. The Labute approximate surface area is 169 Å². The number of aromatic nitrogens is 4. The van der Waals surface area contributed by atoms with E-state index < -0.39 is 0 Å². The van der Waals surface area contributed by atoms with Gasteiger partial charge in [0, 0.05) is 10.4 Å². The Morgan fingerprint density at radius 3 is 2.50 bits per heavy atom. The highest BCUT2D eigenvalue weighted by molar-refractivity contribution is 6.30. The van der Waals surface area contributed by atoms with E-state index in [2.05, 4.69) is 20.6 Å². The van der Waals surface area contributed by atoms with E-state index in [1.54, 1.807) is 23.0 Å². The molecule has 0 saturated carbocycles. The van der Waals surface area contributed by atoms with Crippen LogP contribution in [-0.2, 0) is 12.0 Å². The van der Waals surface area contributed by atoms with Gasteiger partial charge in [0.15, 0.2) is 5.82 Å². The largest absolute Gasteiger partial charge is 0.344 e. The molecule has 3 aromatic rings. The predicted molar refractivity (Wildman–Crippen MR) is 107 cm³/mol. The second-order valence-corrected chi connectivity index (χ2v) is 8.37. The first-order chi connectivity index (χ1) is 13.2.